The third kappa shape index (κ3) is 2.75. The molecule has 0 saturated heterocycles. The van der Waals surface area contributed by atoms with Gasteiger partial charge in [0.1, 0.15) is 0 Å². The molecule has 0 saturated carbocycles. The van der Waals surface area contributed by atoms with Crippen molar-refractivity contribution in [3.8, 4) is 0 Å². The van der Waals surface area contributed by atoms with E-state index >= 15 is 0 Å². The summed E-state index contributed by atoms with van der Waals surface area (Å²) >= 11 is 0. The Morgan fingerprint density at radius 1 is 0.917 bits per heavy atom. The lowest BCUT2D eigenvalue weighted by Crippen LogP contribution is -2.34. The van der Waals surface area contributed by atoms with E-state index in [4.69, 9.17) is 0 Å². The van der Waals surface area contributed by atoms with Gasteiger partial charge in [-0.2, -0.15) is 10.2 Å². The second-order valence-electron chi connectivity index (χ2n) is 6.28. The minimum absolute atomic E-state index is 0.0623. The molecule has 122 valence electrons. The molecule has 0 N–H and O–H groups in total. The minimum Gasteiger partial charge on any atom is -0.371 e. The van der Waals surface area contributed by atoms with Gasteiger partial charge < -0.3 is 4.90 Å². The maximum Gasteiger partial charge on any atom is 0.269 e. The molecule has 0 aromatic heterocycles. The van der Waals surface area contributed by atoms with Crippen molar-refractivity contribution in [2.24, 2.45) is 10.2 Å². The van der Waals surface area contributed by atoms with Crippen LogP contribution in [0.5, 0.6) is 0 Å². The summed E-state index contributed by atoms with van der Waals surface area (Å²) < 4.78 is 0. The van der Waals surface area contributed by atoms with E-state index in [-0.39, 0.29) is 5.69 Å². The summed E-state index contributed by atoms with van der Waals surface area (Å²) in [6.45, 7) is 2.31. The lowest BCUT2D eigenvalue weighted by atomic mass is 9.91. The summed E-state index contributed by atoms with van der Waals surface area (Å²) in [4.78, 5) is 12.8. The lowest BCUT2D eigenvalue weighted by Gasteiger charge is -2.36. The first-order chi connectivity index (χ1) is 11.7. The number of benzene rings is 2. The molecule has 2 aliphatic heterocycles. The van der Waals surface area contributed by atoms with Gasteiger partial charge in [0.25, 0.3) is 5.69 Å². The first-order valence-electron chi connectivity index (χ1n) is 8.28. The number of aryl methyl sites for hydroxylation is 2. The van der Waals surface area contributed by atoms with Gasteiger partial charge in [-0.3, -0.25) is 10.1 Å². The molecule has 6 nitrogen and oxygen atoms in total. The van der Waals surface area contributed by atoms with E-state index in [0.29, 0.717) is 5.69 Å². The fourth-order valence-corrected chi connectivity index (χ4v) is 3.60. The Hall–Kier alpha value is -2.76. The number of non-ortho nitro benzene ring substituents is 1. The molecule has 2 aromatic carbocycles. The van der Waals surface area contributed by atoms with Crippen LogP contribution in [0, 0.1) is 10.1 Å². The molecule has 2 aromatic rings. The smallest absolute Gasteiger partial charge is 0.269 e. The number of hydrogen-bond acceptors (Lipinski definition) is 5. The summed E-state index contributed by atoms with van der Waals surface area (Å²) in [7, 11) is 0. The minimum atomic E-state index is -0.416. The van der Waals surface area contributed by atoms with Crippen molar-refractivity contribution in [2.75, 3.05) is 18.0 Å². The molecule has 0 radical (unpaired) electrons. The van der Waals surface area contributed by atoms with Gasteiger partial charge in [0, 0.05) is 30.9 Å². The maximum absolute atomic E-state index is 10.7. The Balaban J connectivity index is 1.62. The zero-order valence-electron chi connectivity index (χ0n) is 13.3. The molecule has 2 aliphatic rings. The summed E-state index contributed by atoms with van der Waals surface area (Å²) in [5.74, 6) is 0. The van der Waals surface area contributed by atoms with Crippen molar-refractivity contribution in [1.82, 2.24) is 0 Å². The molecular weight excluding hydrogens is 304 g/mol. The third-order valence-corrected chi connectivity index (χ3v) is 4.66. The van der Waals surface area contributed by atoms with Crippen LogP contribution in [0.1, 0.15) is 24.0 Å². The molecule has 24 heavy (non-hydrogen) atoms. The van der Waals surface area contributed by atoms with Crippen LogP contribution in [0.15, 0.2) is 46.6 Å². The van der Waals surface area contributed by atoms with Crippen LogP contribution in [0.4, 0.5) is 22.7 Å². The van der Waals surface area contributed by atoms with E-state index in [2.05, 4.69) is 27.3 Å². The Labute approximate surface area is 140 Å². The topological polar surface area (TPSA) is 71.1 Å². The van der Waals surface area contributed by atoms with Crippen molar-refractivity contribution < 1.29 is 4.92 Å². The summed E-state index contributed by atoms with van der Waals surface area (Å²) in [6, 6.07) is 10.4. The van der Waals surface area contributed by atoms with Gasteiger partial charge in [-0.1, -0.05) is 0 Å². The molecular formula is C18H18N4O2. The first kappa shape index (κ1) is 14.8. The van der Waals surface area contributed by atoms with Crippen molar-refractivity contribution in [1.29, 1.82) is 0 Å². The Morgan fingerprint density at radius 3 is 2.08 bits per heavy atom. The Bertz CT molecular complexity index is 783. The fraction of sp³-hybridized carbons (Fsp3) is 0.333. The van der Waals surface area contributed by atoms with E-state index in [1.54, 1.807) is 12.1 Å². The van der Waals surface area contributed by atoms with Crippen LogP contribution in [-0.2, 0) is 12.8 Å². The zero-order valence-corrected chi connectivity index (χ0v) is 13.3. The monoisotopic (exact) mass is 322 g/mol. The molecule has 0 bridgehead atoms. The standard InChI is InChI=1S/C18H18N4O2/c23-22(24)17-7-5-15(6-8-17)19-20-16-11-13-3-1-9-21-10-2-4-14(12-16)18(13)21/h5-8,11-12H,1-4,9-10H2. The van der Waals surface area contributed by atoms with Crippen molar-refractivity contribution in [3.63, 3.8) is 0 Å². The highest BCUT2D eigenvalue weighted by atomic mass is 16.6. The largest absolute Gasteiger partial charge is 0.371 e. The number of nitro benzene ring substituents is 1. The molecule has 0 spiro atoms. The van der Waals surface area contributed by atoms with Crippen molar-refractivity contribution in [3.05, 3.63) is 57.6 Å². The predicted octanol–water partition coefficient (Wildman–Crippen LogP) is 4.71. The number of nitro groups is 1. The fourth-order valence-electron chi connectivity index (χ4n) is 3.60. The second-order valence-corrected chi connectivity index (χ2v) is 6.28. The highest BCUT2D eigenvalue weighted by Crippen LogP contribution is 2.38. The summed E-state index contributed by atoms with van der Waals surface area (Å²) in [6.07, 6.45) is 4.57. The molecule has 4 rings (SSSR count). The van der Waals surface area contributed by atoms with E-state index in [0.717, 1.165) is 31.6 Å². The molecule has 0 unspecified atom stereocenters. The van der Waals surface area contributed by atoms with Gasteiger partial charge in [-0.15, -0.1) is 0 Å². The number of anilines is 1. The Kier molecular flexibility index (Phi) is 3.72. The van der Waals surface area contributed by atoms with Gasteiger partial charge in [0.15, 0.2) is 0 Å². The third-order valence-electron chi connectivity index (χ3n) is 4.66. The number of rotatable bonds is 3. The highest BCUT2D eigenvalue weighted by Gasteiger charge is 2.24. The van der Waals surface area contributed by atoms with E-state index in [9.17, 15) is 10.1 Å². The SMILES string of the molecule is O=[N+]([O-])c1ccc(N=Nc2cc3c4c(c2)CCCN4CCC3)cc1. The molecule has 0 atom stereocenters. The number of azo groups is 1. The normalized spacial score (nSPS) is 16.2. The maximum atomic E-state index is 10.7. The average molecular weight is 322 g/mol. The van der Waals surface area contributed by atoms with E-state index in [1.165, 1.54) is 41.8 Å². The lowest BCUT2D eigenvalue weighted by molar-refractivity contribution is -0.384. The van der Waals surface area contributed by atoms with Crippen LogP contribution < -0.4 is 4.90 Å². The average Bonchev–Trinajstić information content (AvgIpc) is 2.61. The van der Waals surface area contributed by atoms with Crippen LogP contribution in [0.25, 0.3) is 0 Å². The van der Waals surface area contributed by atoms with Crippen molar-refractivity contribution >= 4 is 22.7 Å². The number of nitrogens with zero attached hydrogens (tertiary/aromatic N) is 4. The van der Waals surface area contributed by atoms with Gasteiger partial charge in [0.2, 0.25) is 0 Å². The quantitative estimate of drug-likeness (QED) is 0.467. The molecule has 0 fully saturated rings. The first-order valence-corrected chi connectivity index (χ1v) is 8.28. The van der Waals surface area contributed by atoms with E-state index < -0.39 is 4.92 Å². The summed E-state index contributed by atoms with van der Waals surface area (Å²) in [5, 5.41) is 19.3. The molecule has 2 heterocycles. The summed E-state index contributed by atoms with van der Waals surface area (Å²) in [5.41, 5.74) is 5.71. The van der Waals surface area contributed by atoms with E-state index in [1.807, 2.05) is 0 Å². The molecule has 0 amide bonds. The second kappa shape index (κ2) is 6.03. The van der Waals surface area contributed by atoms with Crippen LogP contribution >= 0.6 is 0 Å². The predicted molar refractivity (Wildman–Crippen MR) is 92.6 cm³/mol. The molecule has 6 heteroatoms. The van der Waals surface area contributed by atoms with Gasteiger partial charge in [-0.05, 0) is 61.1 Å². The van der Waals surface area contributed by atoms with Crippen LogP contribution in [0.3, 0.4) is 0 Å². The van der Waals surface area contributed by atoms with Gasteiger partial charge in [-0.25, -0.2) is 0 Å². The van der Waals surface area contributed by atoms with Gasteiger partial charge >= 0.3 is 0 Å². The van der Waals surface area contributed by atoms with Crippen molar-refractivity contribution in [2.45, 2.75) is 25.7 Å². The van der Waals surface area contributed by atoms with Crippen LogP contribution in [-0.4, -0.2) is 18.0 Å². The molecule has 0 aliphatic carbocycles. The zero-order chi connectivity index (χ0) is 16.5. The van der Waals surface area contributed by atoms with Crippen LogP contribution in [0.2, 0.25) is 0 Å². The Morgan fingerprint density at radius 2 is 1.50 bits per heavy atom. The number of hydrogen-bond donors (Lipinski definition) is 0. The van der Waals surface area contributed by atoms with Gasteiger partial charge in [0.05, 0.1) is 16.3 Å². The highest BCUT2D eigenvalue weighted by molar-refractivity contribution is 5.67.